The third kappa shape index (κ3) is 4.29. The molecule has 0 aliphatic rings. The summed E-state index contributed by atoms with van der Waals surface area (Å²) in [5.41, 5.74) is 2.59. The highest BCUT2D eigenvalue weighted by Gasteiger charge is 2.15. The number of anilines is 1. The highest BCUT2D eigenvalue weighted by atomic mass is 16.2. The number of hydrogen-bond donors (Lipinski definition) is 1. The lowest BCUT2D eigenvalue weighted by atomic mass is 10.1. The van der Waals surface area contributed by atoms with Crippen molar-refractivity contribution in [3.63, 3.8) is 0 Å². The van der Waals surface area contributed by atoms with Crippen molar-refractivity contribution in [3.8, 4) is 6.07 Å². The van der Waals surface area contributed by atoms with Crippen molar-refractivity contribution in [3.05, 3.63) is 29.3 Å². The van der Waals surface area contributed by atoms with Gasteiger partial charge in [0.05, 0.1) is 18.1 Å². The number of benzene rings is 1. The molecule has 0 saturated carbocycles. The van der Waals surface area contributed by atoms with Gasteiger partial charge >= 0.3 is 0 Å². The van der Waals surface area contributed by atoms with Crippen molar-refractivity contribution >= 4 is 11.6 Å². The number of carbonyl (C=O) groups excluding carboxylic acids is 1. The average Bonchev–Trinajstić information content (AvgIpc) is 2.42. The molecular weight excluding hydrogens is 238 g/mol. The molecule has 0 unspecified atom stereocenters. The van der Waals surface area contributed by atoms with E-state index in [2.05, 4.69) is 18.3 Å². The fraction of sp³-hybridized carbons (Fsp3) is 0.467. The summed E-state index contributed by atoms with van der Waals surface area (Å²) in [6, 6.07) is 7.88. The molecule has 0 atom stereocenters. The van der Waals surface area contributed by atoms with Gasteiger partial charge in [-0.3, -0.25) is 4.79 Å². The molecule has 0 aliphatic heterocycles. The Morgan fingerprint density at radius 2 is 2.21 bits per heavy atom. The van der Waals surface area contributed by atoms with Crippen LogP contribution in [0.3, 0.4) is 0 Å². The number of amides is 1. The third-order valence-corrected chi connectivity index (χ3v) is 2.88. The van der Waals surface area contributed by atoms with E-state index in [1.54, 1.807) is 11.9 Å². The molecule has 0 radical (unpaired) electrons. The summed E-state index contributed by atoms with van der Waals surface area (Å²) in [5.74, 6) is -0.0439. The lowest BCUT2D eigenvalue weighted by molar-refractivity contribution is 0.0799. The Balaban J connectivity index is 2.93. The molecule has 0 aromatic heterocycles. The number of nitriles is 1. The van der Waals surface area contributed by atoms with E-state index in [1.807, 2.05) is 25.1 Å². The van der Waals surface area contributed by atoms with Gasteiger partial charge in [-0.25, -0.2) is 0 Å². The van der Waals surface area contributed by atoms with Crippen LogP contribution in [-0.4, -0.2) is 30.9 Å². The molecule has 1 aromatic carbocycles. The summed E-state index contributed by atoms with van der Waals surface area (Å²) in [4.78, 5) is 14.0. The molecule has 1 amide bonds. The first kappa shape index (κ1) is 15.0. The van der Waals surface area contributed by atoms with Gasteiger partial charge in [0.15, 0.2) is 0 Å². The van der Waals surface area contributed by atoms with Gasteiger partial charge in [-0.1, -0.05) is 18.6 Å². The Labute approximate surface area is 115 Å². The van der Waals surface area contributed by atoms with Gasteiger partial charge in [0, 0.05) is 25.8 Å². The molecular formula is C15H21N3O. The van der Waals surface area contributed by atoms with Crippen LogP contribution in [0.4, 0.5) is 5.69 Å². The number of nitrogens with zero attached hydrogens (tertiary/aromatic N) is 2. The van der Waals surface area contributed by atoms with Crippen molar-refractivity contribution < 1.29 is 4.79 Å². The Kier molecular flexibility index (Phi) is 5.87. The summed E-state index contributed by atoms with van der Waals surface area (Å²) >= 11 is 0. The molecule has 0 bridgehead atoms. The zero-order chi connectivity index (χ0) is 14.3. The van der Waals surface area contributed by atoms with E-state index in [1.165, 1.54) is 0 Å². The maximum atomic E-state index is 12.4. The lowest BCUT2D eigenvalue weighted by Gasteiger charge is -2.19. The quantitative estimate of drug-likeness (QED) is 0.854. The van der Waals surface area contributed by atoms with Crippen LogP contribution >= 0.6 is 0 Å². The second-order valence-electron chi connectivity index (χ2n) is 4.61. The fourth-order valence-corrected chi connectivity index (χ4v) is 1.77. The standard InChI is InChI=1S/C15H21N3O/c1-4-9-17-14-7-6-12(2)11-13(14)15(19)18(3)10-5-8-16/h6-7,11,17H,4-5,9-10H2,1-3H3. The van der Waals surface area contributed by atoms with Crippen LogP contribution < -0.4 is 5.32 Å². The smallest absolute Gasteiger partial charge is 0.255 e. The van der Waals surface area contributed by atoms with Gasteiger partial charge in [0.2, 0.25) is 0 Å². The molecule has 0 saturated heterocycles. The molecule has 0 fully saturated rings. The van der Waals surface area contributed by atoms with Gasteiger partial charge in [0.1, 0.15) is 0 Å². The average molecular weight is 259 g/mol. The van der Waals surface area contributed by atoms with Gasteiger partial charge in [-0.05, 0) is 25.5 Å². The van der Waals surface area contributed by atoms with Gasteiger partial charge in [0.25, 0.3) is 5.91 Å². The molecule has 4 heteroatoms. The molecule has 1 N–H and O–H groups in total. The molecule has 1 aromatic rings. The van der Waals surface area contributed by atoms with Crippen molar-refractivity contribution in [2.45, 2.75) is 26.7 Å². The van der Waals surface area contributed by atoms with Crippen LogP contribution in [-0.2, 0) is 0 Å². The highest BCUT2D eigenvalue weighted by molar-refractivity contribution is 5.99. The summed E-state index contributed by atoms with van der Waals surface area (Å²) in [6.07, 6.45) is 1.36. The first-order valence-electron chi connectivity index (χ1n) is 6.57. The number of rotatable bonds is 6. The Bertz CT molecular complexity index is 477. The Hall–Kier alpha value is -2.02. The Morgan fingerprint density at radius 1 is 1.47 bits per heavy atom. The SMILES string of the molecule is CCCNc1ccc(C)cc1C(=O)N(C)CCC#N. The lowest BCUT2D eigenvalue weighted by Crippen LogP contribution is -2.28. The summed E-state index contributed by atoms with van der Waals surface area (Å²) in [6.45, 7) is 5.35. The number of carbonyl (C=O) groups is 1. The van der Waals surface area contributed by atoms with E-state index in [0.717, 1.165) is 24.2 Å². The van der Waals surface area contributed by atoms with Crippen LogP contribution in [0.15, 0.2) is 18.2 Å². The van der Waals surface area contributed by atoms with Crippen molar-refractivity contribution in [2.24, 2.45) is 0 Å². The predicted octanol–water partition coefficient (Wildman–Crippen LogP) is 2.80. The highest BCUT2D eigenvalue weighted by Crippen LogP contribution is 2.19. The van der Waals surface area contributed by atoms with Crippen LogP contribution in [0.1, 0.15) is 35.7 Å². The zero-order valence-electron chi connectivity index (χ0n) is 11.9. The second kappa shape index (κ2) is 7.42. The molecule has 102 valence electrons. The number of hydrogen-bond acceptors (Lipinski definition) is 3. The molecule has 0 heterocycles. The van der Waals surface area contributed by atoms with Crippen molar-refractivity contribution in [2.75, 3.05) is 25.5 Å². The monoisotopic (exact) mass is 259 g/mol. The second-order valence-corrected chi connectivity index (χ2v) is 4.61. The van der Waals surface area contributed by atoms with Gasteiger partial charge in [-0.15, -0.1) is 0 Å². The molecule has 1 rings (SSSR count). The number of nitrogens with one attached hydrogen (secondary N) is 1. The predicted molar refractivity (Wildman–Crippen MR) is 77.2 cm³/mol. The normalized spacial score (nSPS) is 9.79. The maximum Gasteiger partial charge on any atom is 0.255 e. The van der Waals surface area contributed by atoms with E-state index < -0.39 is 0 Å². The van der Waals surface area contributed by atoms with Crippen LogP contribution in [0.25, 0.3) is 0 Å². The van der Waals surface area contributed by atoms with E-state index >= 15 is 0 Å². The van der Waals surface area contributed by atoms with Crippen LogP contribution in [0.5, 0.6) is 0 Å². The maximum absolute atomic E-state index is 12.4. The van der Waals surface area contributed by atoms with E-state index in [4.69, 9.17) is 5.26 Å². The van der Waals surface area contributed by atoms with Gasteiger partial charge in [-0.2, -0.15) is 5.26 Å². The summed E-state index contributed by atoms with van der Waals surface area (Å²) in [7, 11) is 1.73. The summed E-state index contributed by atoms with van der Waals surface area (Å²) < 4.78 is 0. The van der Waals surface area contributed by atoms with Crippen LogP contribution in [0, 0.1) is 18.3 Å². The Morgan fingerprint density at radius 3 is 2.84 bits per heavy atom. The van der Waals surface area contributed by atoms with Crippen molar-refractivity contribution in [1.82, 2.24) is 4.90 Å². The minimum Gasteiger partial charge on any atom is -0.384 e. The molecule has 4 nitrogen and oxygen atoms in total. The van der Waals surface area contributed by atoms with Crippen LogP contribution in [0.2, 0.25) is 0 Å². The van der Waals surface area contributed by atoms with E-state index in [-0.39, 0.29) is 5.91 Å². The molecule has 0 spiro atoms. The molecule has 19 heavy (non-hydrogen) atoms. The van der Waals surface area contributed by atoms with Gasteiger partial charge < -0.3 is 10.2 Å². The first-order valence-corrected chi connectivity index (χ1v) is 6.57. The first-order chi connectivity index (χ1) is 9.10. The molecule has 0 aliphatic carbocycles. The zero-order valence-corrected chi connectivity index (χ0v) is 11.9. The van der Waals surface area contributed by atoms with Crippen molar-refractivity contribution in [1.29, 1.82) is 5.26 Å². The fourth-order valence-electron chi connectivity index (χ4n) is 1.77. The minimum atomic E-state index is -0.0439. The van der Waals surface area contributed by atoms with E-state index in [9.17, 15) is 4.79 Å². The topological polar surface area (TPSA) is 56.1 Å². The minimum absolute atomic E-state index is 0.0439. The number of aryl methyl sites for hydroxylation is 1. The summed E-state index contributed by atoms with van der Waals surface area (Å²) in [5, 5.41) is 11.9. The van der Waals surface area contributed by atoms with E-state index in [0.29, 0.717) is 18.5 Å². The third-order valence-electron chi connectivity index (χ3n) is 2.88. The largest absolute Gasteiger partial charge is 0.384 e.